The van der Waals surface area contributed by atoms with Crippen LogP contribution in [-0.2, 0) is 4.79 Å². The molecule has 4 N–H and O–H groups in total. The molecule has 1 amide bonds. The van der Waals surface area contributed by atoms with Crippen molar-refractivity contribution < 1.29 is 9.90 Å². The van der Waals surface area contributed by atoms with E-state index in [-0.39, 0.29) is 24.1 Å². The maximum Gasteiger partial charge on any atom is 0.222 e. The molecule has 82 valence electrons. The highest BCUT2D eigenvalue weighted by Gasteiger charge is 2.34. The smallest absolute Gasteiger partial charge is 0.222 e. The summed E-state index contributed by atoms with van der Waals surface area (Å²) in [6.07, 6.45) is 4.27. The zero-order valence-corrected chi connectivity index (χ0v) is 8.75. The second-order valence-electron chi connectivity index (χ2n) is 4.38. The number of nitrogens with one attached hydrogen (secondary N) is 1. The molecule has 4 nitrogen and oxygen atoms in total. The van der Waals surface area contributed by atoms with Gasteiger partial charge in [-0.1, -0.05) is 12.8 Å². The van der Waals surface area contributed by atoms with Crippen LogP contribution in [0.25, 0.3) is 0 Å². The predicted molar refractivity (Wildman–Crippen MR) is 54.7 cm³/mol. The van der Waals surface area contributed by atoms with Gasteiger partial charge >= 0.3 is 0 Å². The van der Waals surface area contributed by atoms with Crippen LogP contribution >= 0.6 is 0 Å². The van der Waals surface area contributed by atoms with E-state index >= 15 is 0 Å². The van der Waals surface area contributed by atoms with Crippen LogP contribution in [0.5, 0.6) is 0 Å². The van der Waals surface area contributed by atoms with E-state index in [2.05, 4.69) is 5.32 Å². The topological polar surface area (TPSA) is 75.4 Å². The normalized spacial score (nSPS) is 21.9. The summed E-state index contributed by atoms with van der Waals surface area (Å²) in [5, 5.41) is 12.2. The van der Waals surface area contributed by atoms with E-state index in [9.17, 15) is 9.90 Å². The van der Waals surface area contributed by atoms with E-state index in [1.807, 2.05) is 0 Å². The molecule has 0 spiro atoms. The van der Waals surface area contributed by atoms with Crippen LogP contribution in [-0.4, -0.2) is 29.2 Å². The summed E-state index contributed by atoms with van der Waals surface area (Å²) < 4.78 is 0. The fourth-order valence-electron chi connectivity index (χ4n) is 2.01. The molecule has 1 aliphatic carbocycles. The second kappa shape index (κ2) is 4.75. The van der Waals surface area contributed by atoms with Gasteiger partial charge in [-0.2, -0.15) is 0 Å². The van der Waals surface area contributed by atoms with E-state index in [1.165, 1.54) is 0 Å². The SMILES string of the molecule is CC(N)CC(=O)NC1(CO)CCCC1. The van der Waals surface area contributed by atoms with Crippen LogP contribution < -0.4 is 11.1 Å². The first kappa shape index (κ1) is 11.5. The van der Waals surface area contributed by atoms with Gasteiger partial charge in [0.1, 0.15) is 0 Å². The van der Waals surface area contributed by atoms with Crippen LogP contribution in [0.15, 0.2) is 0 Å². The first-order valence-electron chi connectivity index (χ1n) is 5.25. The minimum atomic E-state index is -0.355. The zero-order chi connectivity index (χ0) is 10.6. The summed E-state index contributed by atoms with van der Waals surface area (Å²) in [5.74, 6) is -0.0454. The highest BCUT2D eigenvalue weighted by Crippen LogP contribution is 2.29. The van der Waals surface area contributed by atoms with Gasteiger partial charge in [-0.25, -0.2) is 0 Å². The highest BCUT2D eigenvalue weighted by molar-refractivity contribution is 5.77. The number of rotatable bonds is 4. The third-order valence-electron chi connectivity index (χ3n) is 2.78. The van der Waals surface area contributed by atoms with Crippen molar-refractivity contribution in [3.05, 3.63) is 0 Å². The van der Waals surface area contributed by atoms with Gasteiger partial charge in [0.15, 0.2) is 0 Å². The van der Waals surface area contributed by atoms with Crippen molar-refractivity contribution in [2.24, 2.45) is 5.73 Å². The Balaban J connectivity index is 2.44. The molecule has 0 bridgehead atoms. The molecule has 0 radical (unpaired) electrons. The molecule has 0 saturated heterocycles. The van der Waals surface area contributed by atoms with Gasteiger partial charge in [0.2, 0.25) is 5.91 Å². The molecule has 1 fully saturated rings. The molecule has 1 aliphatic rings. The van der Waals surface area contributed by atoms with Gasteiger partial charge in [0.05, 0.1) is 12.1 Å². The largest absolute Gasteiger partial charge is 0.394 e. The average Bonchev–Trinajstić information content (AvgIpc) is 2.52. The van der Waals surface area contributed by atoms with Crippen LogP contribution in [0.1, 0.15) is 39.0 Å². The predicted octanol–water partition coefficient (Wildman–Crippen LogP) is 0.145. The molecule has 1 unspecified atom stereocenters. The molecule has 0 aliphatic heterocycles. The number of aliphatic hydroxyl groups excluding tert-OH is 1. The van der Waals surface area contributed by atoms with E-state index in [0.29, 0.717) is 6.42 Å². The van der Waals surface area contributed by atoms with E-state index in [0.717, 1.165) is 25.7 Å². The van der Waals surface area contributed by atoms with E-state index in [1.54, 1.807) is 6.92 Å². The van der Waals surface area contributed by atoms with Crippen LogP contribution in [0.3, 0.4) is 0 Å². The Labute approximate surface area is 84.9 Å². The lowest BCUT2D eigenvalue weighted by atomic mass is 9.98. The summed E-state index contributed by atoms with van der Waals surface area (Å²) in [6, 6.07) is -0.118. The third kappa shape index (κ3) is 2.96. The molecule has 0 aromatic carbocycles. The summed E-state index contributed by atoms with van der Waals surface area (Å²) in [7, 11) is 0. The molecule has 1 saturated carbocycles. The maximum absolute atomic E-state index is 11.5. The van der Waals surface area contributed by atoms with Gasteiger partial charge in [0.25, 0.3) is 0 Å². The third-order valence-corrected chi connectivity index (χ3v) is 2.78. The number of carbonyl (C=O) groups excluding carboxylic acids is 1. The summed E-state index contributed by atoms with van der Waals surface area (Å²) >= 11 is 0. The second-order valence-corrected chi connectivity index (χ2v) is 4.38. The van der Waals surface area contributed by atoms with Crippen LogP contribution in [0.2, 0.25) is 0 Å². The lowest BCUT2D eigenvalue weighted by Gasteiger charge is -2.28. The van der Waals surface area contributed by atoms with Gasteiger partial charge in [0, 0.05) is 12.5 Å². The van der Waals surface area contributed by atoms with E-state index < -0.39 is 0 Å². The van der Waals surface area contributed by atoms with Gasteiger partial charge < -0.3 is 16.2 Å². The number of aliphatic hydroxyl groups is 1. The lowest BCUT2D eigenvalue weighted by Crippen LogP contribution is -2.50. The maximum atomic E-state index is 11.5. The Morgan fingerprint density at radius 2 is 2.14 bits per heavy atom. The van der Waals surface area contributed by atoms with Gasteiger partial charge in [-0.15, -0.1) is 0 Å². The lowest BCUT2D eigenvalue weighted by molar-refractivity contribution is -0.123. The molecule has 0 aromatic rings. The standard InChI is InChI=1S/C10H20N2O2/c1-8(11)6-9(14)12-10(7-13)4-2-3-5-10/h8,13H,2-7,11H2,1H3,(H,12,14). The van der Waals surface area contributed by atoms with Crippen LogP contribution in [0.4, 0.5) is 0 Å². The van der Waals surface area contributed by atoms with Gasteiger partial charge in [-0.05, 0) is 19.8 Å². The molecular weight excluding hydrogens is 180 g/mol. The minimum Gasteiger partial charge on any atom is -0.394 e. The van der Waals surface area contributed by atoms with Crippen molar-refractivity contribution in [1.82, 2.24) is 5.32 Å². The molecule has 0 heterocycles. The Bertz CT molecular complexity index is 198. The Morgan fingerprint density at radius 3 is 2.57 bits per heavy atom. The van der Waals surface area contributed by atoms with Crippen molar-refractivity contribution in [3.8, 4) is 0 Å². The molecule has 1 rings (SSSR count). The molecule has 0 aromatic heterocycles. The summed E-state index contributed by atoms with van der Waals surface area (Å²) in [4.78, 5) is 11.5. The number of hydrogen-bond acceptors (Lipinski definition) is 3. The van der Waals surface area contributed by atoms with Gasteiger partial charge in [-0.3, -0.25) is 4.79 Å². The average molecular weight is 200 g/mol. The molecule has 14 heavy (non-hydrogen) atoms. The van der Waals surface area contributed by atoms with E-state index in [4.69, 9.17) is 5.73 Å². The summed E-state index contributed by atoms with van der Waals surface area (Å²) in [5.41, 5.74) is 5.17. The zero-order valence-electron chi connectivity index (χ0n) is 8.75. The number of nitrogens with two attached hydrogens (primary N) is 1. The van der Waals surface area contributed by atoms with Crippen molar-refractivity contribution in [3.63, 3.8) is 0 Å². The minimum absolute atomic E-state index is 0.0394. The highest BCUT2D eigenvalue weighted by atomic mass is 16.3. The molecule has 4 heteroatoms. The fraction of sp³-hybridized carbons (Fsp3) is 0.900. The first-order valence-corrected chi connectivity index (χ1v) is 5.25. The molecular formula is C10H20N2O2. The summed E-state index contributed by atoms with van der Waals surface area (Å²) in [6.45, 7) is 1.84. The number of hydrogen-bond donors (Lipinski definition) is 3. The van der Waals surface area contributed by atoms with Crippen molar-refractivity contribution in [2.45, 2.75) is 50.6 Å². The number of amides is 1. The van der Waals surface area contributed by atoms with Crippen LogP contribution in [0, 0.1) is 0 Å². The van der Waals surface area contributed by atoms with Crippen molar-refractivity contribution >= 4 is 5.91 Å². The van der Waals surface area contributed by atoms with Crippen molar-refractivity contribution in [2.75, 3.05) is 6.61 Å². The number of carbonyl (C=O) groups is 1. The monoisotopic (exact) mass is 200 g/mol. The fourth-order valence-corrected chi connectivity index (χ4v) is 2.01. The molecule has 1 atom stereocenters. The Morgan fingerprint density at radius 1 is 1.57 bits per heavy atom. The first-order chi connectivity index (χ1) is 6.58. The quantitative estimate of drug-likeness (QED) is 0.604. The Kier molecular flexibility index (Phi) is 3.89. The van der Waals surface area contributed by atoms with Crippen molar-refractivity contribution in [1.29, 1.82) is 0 Å². The Hall–Kier alpha value is -0.610.